The van der Waals surface area contributed by atoms with Crippen LogP contribution in [0.15, 0.2) is 29.6 Å². The topological polar surface area (TPSA) is 55.4 Å². The lowest BCUT2D eigenvalue weighted by Crippen LogP contribution is -2.66. The minimum Gasteiger partial charge on any atom is -0.549 e. The summed E-state index contributed by atoms with van der Waals surface area (Å²) in [4.78, 5) is 0. The van der Waals surface area contributed by atoms with Crippen LogP contribution in [-0.4, -0.2) is 70.6 Å². The van der Waals surface area contributed by atoms with Gasteiger partial charge in [-0.25, -0.2) is 0 Å². The first-order valence-electron chi connectivity index (χ1n) is 12.8. The van der Waals surface area contributed by atoms with Crippen LogP contribution in [0.3, 0.4) is 0 Å². The number of rotatable bonds is 14. The Hall–Kier alpha value is 0.135. The summed E-state index contributed by atoms with van der Waals surface area (Å²) in [7, 11) is -9.85. The Morgan fingerprint density at radius 1 is 0.595 bits per heavy atom. The van der Waals surface area contributed by atoms with Gasteiger partial charge in [0.1, 0.15) is 16.0 Å². The molecule has 0 saturated heterocycles. The van der Waals surface area contributed by atoms with Crippen LogP contribution in [0.5, 0.6) is 0 Å². The largest absolute Gasteiger partial charge is 0.549 e. The van der Waals surface area contributed by atoms with E-state index in [9.17, 15) is 0 Å². The van der Waals surface area contributed by atoms with Crippen molar-refractivity contribution < 1.29 is 25.3 Å². The van der Waals surface area contributed by atoms with E-state index in [0.29, 0.717) is 11.1 Å². The lowest BCUT2D eigenvalue weighted by Gasteiger charge is -2.41. The molecular formula is C23H49O6Si8. The quantitative estimate of drug-likeness (QED) is 0.172. The van der Waals surface area contributed by atoms with Gasteiger partial charge in [-0.15, -0.1) is 0 Å². The Labute approximate surface area is 239 Å². The molecule has 0 aliphatic carbocycles. The molecule has 0 spiro atoms. The highest BCUT2D eigenvalue weighted by Crippen LogP contribution is 2.30. The van der Waals surface area contributed by atoms with Crippen LogP contribution in [0.25, 0.3) is 5.76 Å². The van der Waals surface area contributed by atoms with Crippen molar-refractivity contribution in [3.8, 4) is 0 Å². The molecule has 37 heavy (non-hydrogen) atoms. The first-order valence-corrected chi connectivity index (χ1v) is 32.9. The molecule has 0 saturated carbocycles. The van der Waals surface area contributed by atoms with E-state index in [-0.39, 0.29) is 10.0 Å². The van der Waals surface area contributed by atoms with Crippen molar-refractivity contribution in [3.63, 3.8) is 0 Å². The standard InChI is InChI=1S/C23H49O6Si8/c1-32(2,3)24-22(23(30)25-33(4,5)6)20-18-16-17-19-21(20)37(28-35(10,11)12,29-36(13,14)15)27-31-26-34(7,8)9/h16-19H,1-15H3. The fourth-order valence-electron chi connectivity index (χ4n) is 3.06. The highest BCUT2D eigenvalue weighted by atomic mass is 28.5. The molecule has 0 aliphatic heterocycles. The van der Waals surface area contributed by atoms with Crippen LogP contribution in [0.1, 0.15) is 5.56 Å². The van der Waals surface area contributed by atoms with Crippen molar-refractivity contribution in [2.24, 2.45) is 0 Å². The van der Waals surface area contributed by atoms with Crippen LogP contribution in [0.4, 0.5) is 0 Å². The summed E-state index contributed by atoms with van der Waals surface area (Å²) in [6, 6.07) is 8.17. The zero-order valence-electron chi connectivity index (χ0n) is 25.8. The zero-order valence-corrected chi connectivity index (χ0v) is 33.8. The average Bonchev–Trinajstić information content (AvgIpc) is 2.60. The Kier molecular flexibility index (Phi) is 12.1. The highest BCUT2D eigenvalue weighted by molar-refractivity contribution is 6.93. The van der Waals surface area contributed by atoms with Gasteiger partial charge in [0.15, 0.2) is 25.0 Å². The summed E-state index contributed by atoms with van der Waals surface area (Å²) in [6.07, 6.45) is 0. The number of benzene rings is 1. The monoisotopic (exact) mass is 645 g/mol. The molecule has 5 radical (unpaired) electrons. The number of hydrogen-bond donors (Lipinski definition) is 0. The number of hydrogen-bond acceptors (Lipinski definition) is 6. The predicted molar refractivity (Wildman–Crippen MR) is 173 cm³/mol. The first-order chi connectivity index (χ1) is 16.3. The molecule has 1 rings (SSSR count). The molecule has 0 heterocycles. The smallest absolute Gasteiger partial charge is 0.507 e. The predicted octanol–water partition coefficient (Wildman–Crippen LogP) is 6.44. The van der Waals surface area contributed by atoms with Crippen LogP contribution >= 0.6 is 0 Å². The summed E-state index contributed by atoms with van der Waals surface area (Å²) in [5.41, 5.74) is 0.883. The summed E-state index contributed by atoms with van der Waals surface area (Å²) in [5, 5.41) is 1.51. The Balaban J connectivity index is 3.98. The average molecular weight is 646 g/mol. The van der Waals surface area contributed by atoms with Crippen molar-refractivity contribution in [1.29, 1.82) is 0 Å². The van der Waals surface area contributed by atoms with Gasteiger partial charge in [0, 0.05) is 10.8 Å². The third-order valence-electron chi connectivity index (χ3n) is 3.93. The van der Waals surface area contributed by atoms with Gasteiger partial charge in [-0.05, 0) is 98.2 Å². The molecule has 0 aliphatic rings. The minimum atomic E-state index is -3.46. The maximum Gasteiger partial charge on any atom is 0.507 e. The molecule has 1 aromatic carbocycles. The van der Waals surface area contributed by atoms with E-state index >= 15 is 0 Å². The van der Waals surface area contributed by atoms with Crippen LogP contribution in [0.2, 0.25) is 98.2 Å². The molecule has 209 valence electrons. The van der Waals surface area contributed by atoms with Crippen LogP contribution in [0, 0.1) is 0 Å². The summed E-state index contributed by atoms with van der Waals surface area (Å²) in [5.74, 6) is 0.683. The fraction of sp³-hybridized carbons (Fsp3) is 0.652. The molecule has 0 unspecified atom stereocenters. The van der Waals surface area contributed by atoms with Crippen molar-refractivity contribution >= 4 is 81.6 Å². The van der Waals surface area contributed by atoms with E-state index in [1.54, 1.807) is 0 Å². The summed E-state index contributed by atoms with van der Waals surface area (Å²) < 4.78 is 40.1. The van der Waals surface area contributed by atoms with Crippen molar-refractivity contribution in [2.45, 2.75) is 98.2 Å². The molecule has 14 heteroatoms. The zero-order chi connectivity index (χ0) is 29.1. The van der Waals surface area contributed by atoms with Crippen LogP contribution in [-0.2, 0) is 25.3 Å². The Morgan fingerprint density at radius 3 is 1.46 bits per heavy atom. The molecule has 0 N–H and O–H groups in total. The highest BCUT2D eigenvalue weighted by Gasteiger charge is 2.52. The van der Waals surface area contributed by atoms with Crippen molar-refractivity contribution in [1.82, 2.24) is 0 Å². The molecule has 1 aromatic rings. The van der Waals surface area contributed by atoms with E-state index in [0.717, 1.165) is 10.8 Å². The molecule has 0 amide bonds. The normalized spacial score (nSPS) is 14.9. The Morgan fingerprint density at radius 2 is 1.05 bits per heavy atom. The molecule has 6 nitrogen and oxygen atoms in total. The van der Waals surface area contributed by atoms with Crippen molar-refractivity contribution in [2.75, 3.05) is 0 Å². The van der Waals surface area contributed by atoms with Gasteiger partial charge in [0.05, 0.1) is 5.38 Å². The molecule has 0 atom stereocenters. The van der Waals surface area contributed by atoms with E-state index < -0.39 is 50.4 Å². The summed E-state index contributed by atoms with van der Waals surface area (Å²) >= 11 is 0. The second kappa shape index (κ2) is 12.8. The van der Waals surface area contributed by atoms with Gasteiger partial charge >= 0.3 is 18.8 Å². The second-order valence-corrected chi connectivity index (χ2v) is 41.1. The summed E-state index contributed by atoms with van der Waals surface area (Å²) in [6.45, 7) is 32.5. The van der Waals surface area contributed by atoms with Gasteiger partial charge in [-0.2, -0.15) is 0 Å². The molecule has 0 bridgehead atoms. The fourth-order valence-corrected chi connectivity index (χ4v) is 18.0. The van der Waals surface area contributed by atoms with Gasteiger partial charge in [-0.3, -0.25) is 0 Å². The first kappa shape index (κ1) is 35.2. The third-order valence-corrected chi connectivity index (χ3v) is 18.4. The SMILES string of the molecule is C[Si](C)(C)O[Si]O[Si](O[Si](C)(C)C)(O[Si](C)(C)C)c1ccccc1C(O[Si](C)(C)C)=C([Si])O[Si](C)(C)C. The van der Waals surface area contributed by atoms with Crippen molar-refractivity contribution in [3.05, 3.63) is 35.2 Å². The lowest BCUT2D eigenvalue weighted by molar-refractivity contribution is 0.264. The van der Waals surface area contributed by atoms with E-state index in [4.69, 9.17) is 25.3 Å². The second-order valence-electron chi connectivity index (χ2n) is 14.0. The van der Waals surface area contributed by atoms with Gasteiger partial charge in [0.25, 0.3) is 0 Å². The molecule has 0 fully saturated rings. The third kappa shape index (κ3) is 13.9. The molecular weight excluding hydrogens is 597 g/mol. The maximum atomic E-state index is 7.00. The van der Waals surface area contributed by atoms with Crippen LogP contribution < -0.4 is 5.19 Å². The van der Waals surface area contributed by atoms with Gasteiger partial charge in [-0.1, -0.05) is 24.3 Å². The minimum absolute atomic E-state index is 0.169. The van der Waals surface area contributed by atoms with Gasteiger partial charge in [0.2, 0.25) is 16.6 Å². The maximum absolute atomic E-state index is 7.00. The van der Waals surface area contributed by atoms with E-state index in [2.05, 4.69) is 121 Å². The Bertz CT molecular complexity index is 905. The lowest BCUT2D eigenvalue weighted by atomic mass is 10.2. The van der Waals surface area contributed by atoms with E-state index in [1.807, 2.05) is 12.1 Å². The molecule has 0 aromatic heterocycles. The van der Waals surface area contributed by atoms with E-state index in [1.165, 1.54) is 0 Å². The van der Waals surface area contributed by atoms with Gasteiger partial charge < -0.3 is 25.3 Å².